The summed E-state index contributed by atoms with van der Waals surface area (Å²) in [5, 5.41) is 4.36. The lowest BCUT2D eigenvalue weighted by molar-refractivity contribution is 0.0981. The summed E-state index contributed by atoms with van der Waals surface area (Å²) in [5.74, 6) is -0.680. The Labute approximate surface area is 122 Å². The summed E-state index contributed by atoms with van der Waals surface area (Å²) in [7, 11) is 0. The van der Waals surface area contributed by atoms with Gasteiger partial charge < -0.3 is 0 Å². The Morgan fingerprint density at radius 2 is 2.15 bits per heavy atom. The Balaban J connectivity index is 2.28. The minimum Gasteiger partial charge on any atom is -0.292 e. The molecule has 0 radical (unpaired) electrons. The Morgan fingerprint density at radius 3 is 2.80 bits per heavy atom. The minimum atomic E-state index is -0.527. The van der Waals surface area contributed by atoms with E-state index in [2.05, 4.69) is 5.10 Å². The number of Topliss-reactive ketones (excluding diaryl/α,β-unsaturated/α-hetero) is 1. The molecule has 1 aromatic heterocycles. The SMILES string of the molecule is CCc1cc(C(=O)Cc2cccc(Cl)c2F)n(CC)n1. The van der Waals surface area contributed by atoms with Crippen LogP contribution < -0.4 is 0 Å². The molecule has 0 atom stereocenters. The lowest BCUT2D eigenvalue weighted by Gasteiger charge is -2.05. The Kier molecular flexibility index (Phi) is 4.55. The largest absolute Gasteiger partial charge is 0.292 e. The number of carbonyl (C=O) groups is 1. The molecule has 0 spiro atoms. The van der Waals surface area contributed by atoms with Crippen molar-refractivity contribution in [2.45, 2.75) is 33.2 Å². The minimum absolute atomic E-state index is 0.0127. The first-order valence-corrected chi connectivity index (χ1v) is 6.97. The first kappa shape index (κ1) is 14.7. The van der Waals surface area contributed by atoms with Crippen LogP contribution >= 0.6 is 11.6 Å². The monoisotopic (exact) mass is 294 g/mol. The molecule has 2 rings (SSSR count). The van der Waals surface area contributed by atoms with Crippen LogP contribution in [0.15, 0.2) is 24.3 Å². The zero-order valence-electron chi connectivity index (χ0n) is 11.5. The van der Waals surface area contributed by atoms with Crippen molar-refractivity contribution in [3.8, 4) is 0 Å². The molecular weight excluding hydrogens is 279 g/mol. The van der Waals surface area contributed by atoms with E-state index in [9.17, 15) is 9.18 Å². The molecule has 0 saturated heterocycles. The molecule has 0 N–H and O–H groups in total. The van der Waals surface area contributed by atoms with Crippen molar-refractivity contribution >= 4 is 17.4 Å². The molecule has 2 aromatic rings. The molecule has 0 aliphatic heterocycles. The van der Waals surface area contributed by atoms with E-state index in [-0.39, 0.29) is 17.2 Å². The van der Waals surface area contributed by atoms with Gasteiger partial charge in [0.05, 0.1) is 10.7 Å². The van der Waals surface area contributed by atoms with Crippen molar-refractivity contribution < 1.29 is 9.18 Å². The van der Waals surface area contributed by atoms with Gasteiger partial charge in [-0.15, -0.1) is 0 Å². The lowest BCUT2D eigenvalue weighted by atomic mass is 10.1. The molecule has 0 aliphatic rings. The maximum absolute atomic E-state index is 13.8. The van der Waals surface area contributed by atoms with Crippen LogP contribution in [-0.4, -0.2) is 15.6 Å². The van der Waals surface area contributed by atoms with E-state index in [0.29, 0.717) is 17.8 Å². The van der Waals surface area contributed by atoms with Crippen LogP contribution in [0.25, 0.3) is 0 Å². The van der Waals surface area contributed by atoms with E-state index in [0.717, 1.165) is 12.1 Å². The van der Waals surface area contributed by atoms with Crippen LogP contribution in [0.1, 0.15) is 35.6 Å². The molecule has 0 amide bonds. The molecular formula is C15H16ClFN2O. The lowest BCUT2D eigenvalue weighted by Crippen LogP contribution is -2.12. The fourth-order valence-corrected chi connectivity index (χ4v) is 2.25. The summed E-state index contributed by atoms with van der Waals surface area (Å²) in [6.07, 6.45) is 0.750. The van der Waals surface area contributed by atoms with Crippen LogP contribution in [0.3, 0.4) is 0 Å². The summed E-state index contributed by atoms with van der Waals surface area (Å²) in [4.78, 5) is 12.3. The standard InChI is InChI=1S/C15H16ClFN2O/c1-3-11-9-13(19(4-2)18-11)14(20)8-10-6-5-7-12(16)15(10)17/h5-7,9H,3-4,8H2,1-2H3. The predicted octanol–water partition coefficient (Wildman–Crippen LogP) is 3.68. The van der Waals surface area contributed by atoms with Gasteiger partial charge in [0.2, 0.25) is 0 Å². The average Bonchev–Trinajstić information content (AvgIpc) is 2.87. The summed E-state index contributed by atoms with van der Waals surface area (Å²) < 4.78 is 15.5. The number of nitrogens with zero attached hydrogens (tertiary/aromatic N) is 2. The van der Waals surface area contributed by atoms with Crippen LogP contribution in [0, 0.1) is 5.82 Å². The first-order valence-electron chi connectivity index (χ1n) is 6.59. The van der Waals surface area contributed by atoms with Gasteiger partial charge in [-0.2, -0.15) is 5.10 Å². The van der Waals surface area contributed by atoms with Crippen molar-refractivity contribution in [1.29, 1.82) is 0 Å². The number of benzene rings is 1. The van der Waals surface area contributed by atoms with Gasteiger partial charge in [0.25, 0.3) is 0 Å². The second kappa shape index (κ2) is 6.18. The van der Waals surface area contributed by atoms with Gasteiger partial charge in [0.15, 0.2) is 5.78 Å². The molecule has 0 aliphatic carbocycles. The molecule has 0 unspecified atom stereocenters. The third-order valence-electron chi connectivity index (χ3n) is 3.16. The normalized spacial score (nSPS) is 10.8. The number of hydrogen-bond acceptors (Lipinski definition) is 2. The topological polar surface area (TPSA) is 34.9 Å². The third-order valence-corrected chi connectivity index (χ3v) is 3.45. The smallest absolute Gasteiger partial charge is 0.185 e. The second-order valence-electron chi connectivity index (χ2n) is 4.50. The van der Waals surface area contributed by atoms with E-state index in [1.54, 1.807) is 22.9 Å². The quantitative estimate of drug-likeness (QED) is 0.788. The van der Waals surface area contributed by atoms with E-state index < -0.39 is 5.82 Å². The van der Waals surface area contributed by atoms with Gasteiger partial charge in [-0.05, 0) is 31.0 Å². The molecule has 1 aromatic carbocycles. The van der Waals surface area contributed by atoms with Gasteiger partial charge in [-0.1, -0.05) is 30.7 Å². The third kappa shape index (κ3) is 2.90. The van der Waals surface area contributed by atoms with Crippen LogP contribution in [-0.2, 0) is 19.4 Å². The second-order valence-corrected chi connectivity index (χ2v) is 4.91. The molecule has 3 nitrogen and oxygen atoms in total. The summed E-state index contributed by atoms with van der Waals surface area (Å²) >= 11 is 5.72. The number of hydrogen-bond donors (Lipinski definition) is 0. The van der Waals surface area contributed by atoms with Crippen molar-refractivity contribution in [2.24, 2.45) is 0 Å². The van der Waals surface area contributed by atoms with Gasteiger partial charge in [0.1, 0.15) is 11.5 Å². The highest BCUT2D eigenvalue weighted by molar-refractivity contribution is 6.30. The van der Waals surface area contributed by atoms with Crippen molar-refractivity contribution in [3.63, 3.8) is 0 Å². The van der Waals surface area contributed by atoms with E-state index in [1.165, 1.54) is 6.07 Å². The van der Waals surface area contributed by atoms with E-state index in [1.807, 2.05) is 13.8 Å². The van der Waals surface area contributed by atoms with Crippen molar-refractivity contribution in [3.05, 3.63) is 52.1 Å². The van der Waals surface area contributed by atoms with Crippen LogP contribution in [0.2, 0.25) is 5.02 Å². The molecule has 20 heavy (non-hydrogen) atoms. The maximum atomic E-state index is 13.8. The fourth-order valence-electron chi connectivity index (χ4n) is 2.06. The summed E-state index contributed by atoms with van der Waals surface area (Å²) in [6, 6.07) is 6.46. The van der Waals surface area contributed by atoms with Gasteiger partial charge in [0, 0.05) is 13.0 Å². The highest BCUT2D eigenvalue weighted by Gasteiger charge is 2.17. The number of carbonyl (C=O) groups excluding carboxylic acids is 1. The Morgan fingerprint density at radius 1 is 1.40 bits per heavy atom. The number of halogens is 2. The molecule has 0 saturated carbocycles. The van der Waals surface area contributed by atoms with E-state index in [4.69, 9.17) is 11.6 Å². The maximum Gasteiger partial charge on any atom is 0.185 e. The first-order chi connectivity index (χ1) is 9.56. The van der Waals surface area contributed by atoms with Crippen molar-refractivity contribution in [1.82, 2.24) is 9.78 Å². The van der Waals surface area contributed by atoms with Crippen molar-refractivity contribution in [2.75, 3.05) is 0 Å². The van der Waals surface area contributed by atoms with Gasteiger partial charge >= 0.3 is 0 Å². The summed E-state index contributed by atoms with van der Waals surface area (Å²) in [5.41, 5.74) is 1.69. The Hall–Kier alpha value is -1.68. The van der Waals surface area contributed by atoms with Crippen LogP contribution in [0.4, 0.5) is 4.39 Å². The molecule has 1 heterocycles. The fraction of sp³-hybridized carbons (Fsp3) is 0.333. The molecule has 0 bridgehead atoms. The average molecular weight is 295 g/mol. The Bertz CT molecular complexity index is 637. The molecule has 0 fully saturated rings. The number of aryl methyl sites for hydroxylation is 2. The highest BCUT2D eigenvalue weighted by atomic mass is 35.5. The molecule has 5 heteroatoms. The van der Waals surface area contributed by atoms with E-state index >= 15 is 0 Å². The zero-order chi connectivity index (χ0) is 14.7. The molecule has 106 valence electrons. The van der Waals surface area contributed by atoms with Crippen LogP contribution in [0.5, 0.6) is 0 Å². The summed E-state index contributed by atoms with van der Waals surface area (Å²) in [6.45, 7) is 4.51. The number of ketones is 1. The highest BCUT2D eigenvalue weighted by Crippen LogP contribution is 2.19. The predicted molar refractivity (Wildman–Crippen MR) is 76.7 cm³/mol. The zero-order valence-corrected chi connectivity index (χ0v) is 12.2. The number of rotatable bonds is 5. The van der Waals surface area contributed by atoms with Gasteiger partial charge in [-0.3, -0.25) is 9.48 Å². The van der Waals surface area contributed by atoms with Gasteiger partial charge in [-0.25, -0.2) is 4.39 Å². The number of aromatic nitrogens is 2.